The molecule has 2 aliphatic rings. The van der Waals surface area contributed by atoms with Gasteiger partial charge in [-0.05, 0) is 0 Å². The number of hydrogen-bond donors (Lipinski definition) is 2. The summed E-state index contributed by atoms with van der Waals surface area (Å²) in [5.74, 6) is -0.106. The number of rotatable bonds is 1. The molecule has 0 aromatic rings. The van der Waals surface area contributed by atoms with Gasteiger partial charge in [-0.2, -0.15) is 0 Å². The number of hydrogen-bond acceptors (Lipinski definition) is 5. The van der Waals surface area contributed by atoms with E-state index >= 15 is 0 Å². The molecule has 0 saturated carbocycles. The molecule has 0 spiro atoms. The van der Waals surface area contributed by atoms with Gasteiger partial charge in [-0.25, -0.2) is 8.42 Å². The lowest BCUT2D eigenvalue weighted by atomic mass is 10.1. The molecular formula is C7H13NO4S. The average Bonchev–Trinajstić information content (AvgIpc) is 2.18. The first-order valence-electron chi connectivity index (χ1n) is 4.28. The Kier molecular flexibility index (Phi) is 2.10. The van der Waals surface area contributed by atoms with Crippen LogP contribution in [0, 0.1) is 0 Å². The summed E-state index contributed by atoms with van der Waals surface area (Å²) in [5, 5.41) is 18.5. The topological polar surface area (TPSA) is 77.8 Å². The number of likely N-dealkylation sites (tertiary alicyclic amines) is 1. The summed E-state index contributed by atoms with van der Waals surface area (Å²) in [6.45, 7) is 0.967. The highest BCUT2D eigenvalue weighted by Gasteiger charge is 2.43. The van der Waals surface area contributed by atoms with Gasteiger partial charge in [-0.15, -0.1) is 0 Å². The summed E-state index contributed by atoms with van der Waals surface area (Å²) in [4.78, 5) is 1.82. The van der Waals surface area contributed by atoms with Crippen LogP contribution >= 0.6 is 0 Å². The standard InChI is InChI=1S/C7H13NO4S/c9-5-1-8(2-5)6-3-13(11,12)4-7(6)10/h5-7,9-10H,1-4H2/t6-,7-/m1/s1. The number of sulfone groups is 1. The monoisotopic (exact) mass is 207 g/mol. The minimum Gasteiger partial charge on any atom is -0.390 e. The molecule has 0 radical (unpaired) electrons. The first-order valence-corrected chi connectivity index (χ1v) is 6.11. The maximum atomic E-state index is 11.1. The lowest BCUT2D eigenvalue weighted by Crippen LogP contribution is -2.58. The van der Waals surface area contributed by atoms with Crippen molar-refractivity contribution in [3.63, 3.8) is 0 Å². The zero-order valence-corrected chi connectivity index (χ0v) is 7.94. The molecule has 5 nitrogen and oxygen atoms in total. The van der Waals surface area contributed by atoms with Gasteiger partial charge < -0.3 is 10.2 Å². The molecule has 2 N–H and O–H groups in total. The van der Waals surface area contributed by atoms with Crippen LogP contribution in [0.2, 0.25) is 0 Å². The Balaban J connectivity index is 2.02. The SMILES string of the molecule is O=S1(=O)C[C@@H](O)[C@H](N2CC(O)C2)C1. The summed E-state index contributed by atoms with van der Waals surface area (Å²) in [5.41, 5.74) is 0. The highest BCUT2D eigenvalue weighted by Crippen LogP contribution is 2.22. The zero-order chi connectivity index (χ0) is 9.64. The van der Waals surface area contributed by atoms with E-state index in [0.29, 0.717) is 13.1 Å². The molecule has 2 saturated heterocycles. The summed E-state index contributed by atoms with van der Waals surface area (Å²) < 4.78 is 22.3. The van der Waals surface area contributed by atoms with Crippen LogP contribution in [-0.4, -0.2) is 66.4 Å². The van der Waals surface area contributed by atoms with Crippen LogP contribution in [0.5, 0.6) is 0 Å². The fourth-order valence-corrected chi connectivity index (χ4v) is 3.75. The van der Waals surface area contributed by atoms with E-state index in [9.17, 15) is 13.5 Å². The Morgan fingerprint density at radius 2 is 1.77 bits per heavy atom. The summed E-state index contributed by atoms with van der Waals surface area (Å²) in [6, 6.07) is -0.298. The van der Waals surface area contributed by atoms with E-state index in [1.54, 1.807) is 0 Å². The number of aliphatic hydroxyl groups excluding tert-OH is 2. The Morgan fingerprint density at radius 3 is 2.15 bits per heavy atom. The third-order valence-electron chi connectivity index (χ3n) is 2.65. The van der Waals surface area contributed by atoms with Gasteiger partial charge in [0.15, 0.2) is 9.84 Å². The first kappa shape index (κ1) is 9.39. The van der Waals surface area contributed by atoms with E-state index in [1.807, 2.05) is 4.90 Å². The first-order chi connectivity index (χ1) is 5.98. The second-order valence-electron chi connectivity index (χ2n) is 3.82. The second kappa shape index (κ2) is 2.91. The van der Waals surface area contributed by atoms with Crippen LogP contribution in [-0.2, 0) is 9.84 Å². The molecule has 0 amide bonds. The molecule has 0 aromatic carbocycles. The van der Waals surface area contributed by atoms with Crippen LogP contribution in [0.4, 0.5) is 0 Å². The van der Waals surface area contributed by atoms with Gasteiger partial charge in [-0.1, -0.05) is 0 Å². The summed E-state index contributed by atoms with van der Waals surface area (Å²) in [6.07, 6.45) is -1.13. The van der Waals surface area contributed by atoms with Crippen LogP contribution < -0.4 is 0 Å². The third kappa shape index (κ3) is 1.71. The van der Waals surface area contributed by atoms with Crippen LogP contribution in [0.25, 0.3) is 0 Å². The lowest BCUT2D eigenvalue weighted by Gasteiger charge is -2.40. The number of β-amino-alcohol motifs (C(OH)–C–C–N with tert-alkyl or cyclic N) is 1. The molecule has 13 heavy (non-hydrogen) atoms. The minimum atomic E-state index is -3.06. The van der Waals surface area contributed by atoms with E-state index in [1.165, 1.54) is 0 Å². The summed E-state index contributed by atoms with van der Waals surface area (Å²) >= 11 is 0. The van der Waals surface area contributed by atoms with Crippen molar-refractivity contribution in [2.45, 2.75) is 18.2 Å². The van der Waals surface area contributed by atoms with Crippen LogP contribution in [0.3, 0.4) is 0 Å². The molecule has 0 aromatic heterocycles. The van der Waals surface area contributed by atoms with Crippen LogP contribution in [0.1, 0.15) is 0 Å². The molecule has 0 aliphatic carbocycles. The molecule has 2 aliphatic heterocycles. The molecule has 2 atom stereocenters. The molecule has 2 heterocycles. The van der Waals surface area contributed by atoms with E-state index in [4.69, 9.17) is 5.11 Å². The summed E-state index contributed by atoms with van der Waals surface area (Å²) in [7, 11) is -3.06. The number of nitrogens with zero attached hydrogens (tertiary/aromatic N) is 1. The third-order valence-corrected chi connectivity index (χ3v) is 4.35. The smallest absolute Gasteiger partial charge is 0.154 e. The van der Waals surface area contributed by atoms with Gasteiger partial charge in [0, 0.05) is 13.1 Å². The van der Waals surface area contributed by atoms with Gasteiger partial charge in [0.2, 0.25) is 0 Å². The van der Waals surface area contributed by atoms with Crippen molar-refractivity contribution in [1.29, 1.82) is 0 Å². The molecule has 2 fully saturated rings. The fourth-order valence-electron chi connectivity index (χ4n) is 1.92. The van der Waals surface area contributed by atoms with Crippen molar-refractivity contribution in [2.24, 2.45) is 0 Å². The highest BCUT2D eigenvalue weighted by atomic mass is 32.2. The Hall–Kier alpha value is -0.170. The minimum absolute atomic E-state index is 0.0287. The predicted molar refractivity (Wildman–Crippen MR) is 46.0 cm³/mol. The van der Waals surface area contributed by atoms with Crippen molar-refractivity contribution in [3.05, 3.63) is 0 Å². The van der Waals surface area contributed by atoms with E-state index in [2.05, 4.69) is 0 Å². The fraction of sp³-hybridized carbons (Fsp3) is 1.00. The van der Waals surface area contributed by atoms with Crippen molar-refractivity contribution >= 4 is 9.84 Å². The number of aliphatic hydroxyl groups is 2. The molecule has 76 valence electrons. The Labute approximate surface area is 76.9 Å². The van der Waals surface area contributed by atoms with Crippen molar-refractivity contribution in [2.75, 3.05) is 24.6 Å². The van der Waals surface area contributed by atoms with Crippen molar-refractivity contribution in [3.8, 4) is 0 Å². The van der Waals surface area contributed by atoms with Gasteiger partial charge in [-0.3, -0.25) is 4.90 Å². The van der Waals surface area contributed by atoms with Crippen molar-refractivity contribution < 1.29 is 18.6 Å². The van der Waals surface area contributed by atoms with Gasteiger partial charge in [0.25, 0.3) is 0 Å². The molecule has 0 unspecified atom stereocenters. The maximum Gasteiger partial charge on any atom is 0.154 e. The zero-order valence-electron chi connectivity index (χ0n) is 7.13. The predicted octanol–water partition coefficient (Wildman–Crippen LogP) is -2.18. The Morgan fingerprint density at radius 1 is 1.15 bits per heavy atom. The lowest BCUT2D eigenvalue weighted by molar-refractivity contribution is -0.0451. The molecule has 0 bridgehead atoms. The van der Waals surface area contributed by atoms with E-state index in [-0.39, 0.29) is 23.7 Å². The highest BCUT2D eigenvalue weighted by molar-refractivity contribution is 7.91. The van der Waals surface area contributed by atoms with Crippen molar-refractivity contribution in [1.82, 2.24) is 4.90 Å². The molecule has 6 heteroatoms. The average molecular weight is 207 g/mol. The van der Waals surface area contributed by atoms with Gasteiger partial charge in [0.05, 0.1) is 29.8 Å². The normalized spacial score (nSPS) is 40.5. The molecular weight excluding hydrogens is 194 g/mol. The Bertz CT molecular complexity index is 296. The maximum absolute atomic E-state index is 11.1. The largest absolute Gasteiger partial charge is 0.390 e. The van der Waals surface area contributed by atoms with E-state index < -0.39 is 15.9 Å². The van der Waals surface area contributed by atoms with Gasteiger partial charge >= 0.3 is 0 Å². The molecule has 2 rings (SSSR count). The second-order valence-corrected chi connectivity index (χ2v) is 5.97. The quantitative estimate of drug-likeness (QED) is 0.511. The van der Waals surface area contributed by atoms with E-state index in [0.717, 1.165) is 0 Å². The van der Waals surface area contributed by atoms with Gasteiger partial charge in [0.1, 0.15) is 0 Å². The van der Waals surface area contributed by atoms with Crippen LogP contribution in [0.15, 0.2) is 0 Å².